The summed E-state index contributed by atoms with van der Waals surface area (Å²) in [5, 5.41) is 0. The third kappa shape index (κ3) is 5.08. The van der Waals surface area contributed by atoms with E-state index in [1.165, 1.54) is 35.4 Å². The van der Waals surface area contributed by atoms with E-state index in [9.17, 15) is 14.0 Å². The quantitative estimate of drug-likeness (QED) is 0.775. The van der Waals surface area contributed by atoms with Crippen molar-refractivity contribution in [1.82, 2.24) is 9.80 Å². The number of urea groups is 1. The van der Waals surface area contributed by atoms with E-state index in [0.717, 1.165) is 31.2 Å². The van der Waals surface area contributed by atoms with Crippen molar-refractivity contribution in [3.05, 3.63) is 47.3 Å². The van der Waals surface area contributed by atoms with Crippen LogP contribution in [0, 0.1) is 5.82 Å². The Morgan fingerprint density at radius 1 is 1.19 bits per heavy atom. The maximum absolute atomic E-state index is 13.2. The fourth-order valence-electron chi connectivity index (χ4n) is 3.99. The third-order valence-corrected chi connectivity index (χ3v) is 5.51. The van der Waals surface area contributed by atoms with E-state index in [1.807, 2.05) is 0 Å². The Bertz CT molecular complexity index is 702. The zero-order valence-corrected chi connectivity index (χ0v) is 15.7. The molecule has 0 saturated carbocycles. The number of primary amides is 1. The molecule has 0 bridgehead atoms. The molecule has 1 aliphatic heterocycles. The highest BCUT2D eigenvalue weighted by molar-refractivity contribution is 5.87. The zero-order chi connectivity index (χ0) is 19.2. The van der Waals surface area contributed by atoms with E-state index in [1.54, 1.807) is 17.0 Å². The minimum atomic E-state index is -0.539. The van der Waals surface area contributed by atoms with Gasteiger partial charge in [-0.1, -0.05) is 23.8 Å². The Kier molecular flexibility index (Phi) is 6.48. The normalized spacial score (nSPS) is 19.7. The lowest BCUT2D eigenvalue weighted by Crippen LogP contribution is -2.49. The summed E-state index contributed by atoms with van der Waals surface area (Å²) in [6, 6.07) is 5.21. The number of likely N-dealkylation sites (tertiary alicyclic amines) is 1. The van der Waals surface area contributed by atoms with Gasteiger partial charge in [0.1, 0.15) is 11.9 Å². The molecule has 1 aromatic rings. The van der Waals surface area contributed by atoms with E-state index in [0.29, 0.717) is 26.1 Å². The fourth-order valence-corrected chi connectivity index (χ4v) is 3.99. The van der Waals surface area contributed by atoms with Crippen LogP contribution in [-0.4, -0.2) is 40.9 Å². The molecule has 1 saturated heterocycles. The van der Waals surface area contributed by atoms with Crippen LogP contribution >= 0.6 is 0 Å². The molecule has 0 radical (unpaired) electrons. The Morgan fingerprint density at radius 2 is 1.96 bits per heavy atom. The lowest BCUT2D eigenvalue weighted by atomic mass is 9.97. The summed E-state index contributed by atoms with van der Waals surface area (Å²) in [4.78, 5) is 28.1. The molecular weight excluding hydrogens is 345 g/mol. The monoisotopic (exact) mass is 373 g/mol. The molecule has 0 spiro atoms. The van der Waals surface area contributed by atoms with Gasteiger partial charge in [0.2, 0.25) is 5.91 Å². The molecule has 27 heavy (non-hydrogen) atoms. The minimum absolute atomic E-state index is 0.0629. The number of rotatable bonds is 6. The topological polar surface area (TPSA) is 66.6 Å². The molecule has 2 aliphatic rings. The standard InChI is InChI=1S/C21H28FN3O2/c22-18-10-8-17(9-11-18)15-24(14-12-16-5-2-1-3-6-16)20(26)19-7-4-13-25(19)21(23)27/h5,8-11,19H,1-4,6-7,12-15H2,(H2,23,27). The number of nitrogens with zero attached hydrogens (tertiary/aromatic N) is 2. The molecule has 5 nitrogen and oxygen atoms in total. The lowest BCUT2D eigenvalue weighted by Gasteiger charge is -2.30. The van der Waals surface area contributed by atoms with Crippen LogP contribution in [0.2, 0.25) is 0 Å². The van der Waals surface area contributed by atoms with Gasteiger partial charge in [-0.3, -0.25) is 4.79 Å². The van der Waals surface area contributed by atoms with Gasteiger partial charge in [0.15, 0.2) is 0 Å². The van der Waals surface area contributed by atoms with Crippen molar-refractivity contribution in [3.8, 4) is 0 Å². The van der Waals surface area contributed by atoms with Gasteiger partial charge < -0.3 is 15.5 Å². The molecule has 0 aromatic heterocycles. The van der Waals surface area contributed by atoms with Crippen LogP contribution in [-0.2, 0) is 11.3 Å². The smallest absolute Gasteiger partial charge is 0.315 e. The first kappa shape index (κ1) is 19.4. The molecule has 1 aromatic carbocycles. The van der Waals surface area contributed by atoms with Gasteiger partial charge in [0.25, 0.3) is 0 Å². The summed E-state index contributed by atoms with van der Waals surface area (Å²) in [7, 11) is 0. The largest absolute Gasteiger partial charge is 0.351 e. The van der Waals surface area contributed by atoms with Crippen molar-refractivity contribution in [3.63, 3.8) is 0 Å². The Balaban J connectivity index is 1.73. The number of allylic oxidation sites excluding steroid dienone is 1. The number of hydrogen-bond donors (Lipinski definition) is 1. The van der Waals surface area contributed by atoms with Gasteiger partial charge in [-0.2, -0.15) is 0 Å². The molecule has 1 unspecified atom stereocenters. The summed E-state index contributed by atoms with van der Waals surface area (Å²) < 4.78 is 13.2. The lowest BCUT2D eigenvalue weighted by molar-refractivity contribution is -0.135. The number of halogens is 1. The van der Waals surface area contributed by atoms with Crippen molar-refractivity contribution in [1.29, 1.82) is 0 Å². The van der Waals surface area contributed by atoms with Crippen molar-refractivity contribution in [2.75, 3.05) is 13.1 Å². The molecule has 1 aliphatic carbocycles. The molecule has 3 amide bonds. The average molecular weight is 373 g/mol. The predicted molar refractivity (Wildman–Crippen MR) is 102 cm³/mol. The highest BCUT2D eigenvalue weighted by Gasteiger charge is 2.35. The molecule has 2 N–H and O–H groups in total. The van der Waals surface area contributed by atoms with Crippen LogP contribution < -0.4 is 5.73 Å². The van der Waals surface area contributed by atoms with Crippen molar-refractivity contribution >= 4 is 11.9 Å². The minimum Gasteiger partial charge on any atom is -0.351 e. The molecule has 6 heteroatoms. The van der Waals surface area contributed by atoms with Gasteiger partial charge in [0.05, 0.1) is 0 Å². The Morgan fingerprint density at radius 3 is 2.63 bits per heavy atom. The van der Waals surface area contributed by atoms with Crippen LogP contribution in [0.3, 0.4) is 0 Å². The number of hydrogen-bond acceptors (Lipinski definition) is 2. The summed E-state index contributed by atoms with van der Waals surface area (Å²) in [5.74, 6) is -0.355. The number of benzene rings is 1. The molecule has 1 heterocycles. The Labute approximate surface area is 160 Å². The van der Waals surface area contributed by atoms with Crippen LogP contribution in [0.5, 0.6) is 0 Å². The van der Waals surface area contributed by atoms with Gasteiger partial charge >= 0.3 is 6.03 Å². The molecule has 1 fully saturated rings. The van der Waals surface area contributed by atoms with Crippen LogP contribution in [0.1, 0.15) is 50.5 Å². The van der Waals surface area contributed by atoms with Crippen molar-refractivity contribution in [2.24, 2.45) is 5.73 Å². The SMILES string of the molecule is NC(=O)N1CCCC1C(=O)N(CCC1=CCCCC1)Cc1ccc(F)cc1. The van der Waals surface area contributed by atoms with E-state index in [-0.39, 0.29) is 11.7 Å². The predicted octanol–water partition coefficient (Wildman–Crippen LogP) is 3.59. The highest BCUT2D eigenvalue weighted by Crippen LogP contribution is 2.23. The highest BCUT2D eigenvalue weighted by atomic mass is 19.1. The van der Waals surface area contributed by atoms with Gasteiger partial charge in [-0.25, -0.2) is 9.18 Å². The molecular formula is C21H28FN3O2. The third-order valence-electron chi connectivity index (χ3n) is 5.51. The fraction of sp³-hybridized carbons (Fsp3) is 0.524. The molecule has 146 valence electrons. The first-order chi connectivity index (χ1) is 13.0. The van der Waals surface area contributed by atoms with E-state index < -0.39 is 12.1 Å². The second-order valence-corrected chi connectivity index (χ2v) is 7.43. The van der Waals surface area contributed by atoms with Crippen LogP contribution in [0.15, 0.2) is 35.9 Å². The Hall–Kier alpha value is -2.37. The zero-order valence-electron chi connectivity index (χ0n) is 15.7. The summed E-state index contributed by atoms with van der Waals surface area (Å²) in [6.45, 7) is 1.54. The maximum Gasteiger partial charge on any atom is 0.315 e. The summed E-state index contributed by atoms with van der Waals surface area (Å²) >= 11 is 0. The van der Waals surface area contributed by atoms with E-state index >= 15 is 0 Å². The molecule has 3 rings (SSSR count). The van der Waals surface area contributed by atoms with Gasteiger partial charge in [0, 0.05) is 19.6 Å². The first-order valence-corrected chi connectivity index (χ1v) is 9.82. The number of amides is 3. The average Bonchev–Trinajstić information content (AvgIpc) is 3.17. The summed E-state index contributed by atoms with van der Waals surface area (Å²) in [5.41, 5.74) is 7.73. The van der Waals surface area contributed by atoms with Crippen LogP contribution in [0.25, 0.3) is 0 Å². The first-order valence-electron chi connectivity index (χ1n) is 9.82. The van der Waals surface area contributed by atoms with Gasteiger partial charge in [-0.15, -0.1) is 0 Å². The van der Waals surface area contributed by atoms with E-state index in [2.05, 4.69) is 6.08 Å². The second-order valence-electron chi connectivity index (χ2n) is 7.43. The molecule has 1 atom stereocenters. The second kappa shape index (κ2) is 9.02. The van der Waals surface area contributed by atoms with Crippen LogP contribution in [0.4, 0.5) is 9.18 Å². The maximum atomic E-state index is 13.2. The van der Waals surface area contributed by atoms with Crippen molar-refractivity contribution < 1.29 is 14.0 Å². The summed E-state index contributed by atoms with van der Waals surface area (Å²) in [6.07, 6.45) is 9.20. The van der Waals surface area contributed by atoms with E-state index in [4.69, 9.17) is 5.73 Å². The van der Waals surface area contributed by atoms with Crippen molar-refractivity contribution in [2.45, 2.75) is 57.5 Å². The number of carbonyl (C=O) groups is 2. The number of nitrogens with two attached hydrogens (primary N) is 1. The number of carbonyl (C=O) groups excluding carboxylic acids is 2. The van der Waals surface area contributed by atoms with Gasteiger partial charge in [-0.05, 0) is 62.6 Å².